The van der Waals surface area contributed by atoms with Crippen LogP contribution in [0.1, 0.15) is 0 Å². The topological polar surface area (TPSA) is 76.1 Å². The monoisotopic (exact) mass is 354 g/mol. The highest BCUT2D eigenvalue weighted by Gasteiger charge is 2.13. The van der Waals surface area contributed by atoms with E-state index in [1.165, 1.54) is 11.3 Å². The molecular formula is C13H14N4O2S3. The van der Waals surface area contributed by atoms with Crippen LogP contribution in [0.5, 0.6) is 0 Å². The quantitative estimate of drug-likeness (QED) is 0.542. The number of methoxy groups -OCH3 is 1. The van der Waals surface area contributed by atoms with E-state index in [2.05, 4.69) is 20.6 Å². The second-order valence-electron chi connectivity index (χ2n) is 4.34. The van der Waals surface area contributed by atoms with Crippen molar-refractivity contribution in [2.24, 2.45) is 0 Å². The van der Waals surface area contributed by atoms with Gasteiger partial charge in [0.15, 0.2) is 9.47 Å². The lowest BCUT2D eigenvalue weighted by Gasteiger charge is -2.03. The number of ether oxygens (including phenoxy) is 1. The van der Waals surface area contributed by atoms with Gasteiger partial charge in [-0.3, -0.25) is 5.32 Å². The first-order valence-corrected chi connectivity index (χ1v) is 9.35. The number of thiazole rings is 2. The Bertz CT molecular complexity index is 814. The molecule has 3 aromatic rings. The number of hydrogen-bond acceptors (Lipinski definition) is 7. The number of fused-ring (bicyclic) bond motifs is 3. The van der Waals surface area contributed by atoms with Crippen LogP contribution in [-0.2, 0) is 4.74 Å². The van der Waals surface area contributed by atoms with Gasteiger partial charge in [0.2, 0.25) is 0 Å². The van der Waals surface area contributed by atoms with Gasteiger partial charge in [0.05, 0.1) is 27.0 Å². The second kappa shape index (κ2) is 6.78. The van der Waals surface area contributed by atoms with Crippen molar-refractivity contribution in [1.82, 2.24) is 15.3 Å². The van der Waals surface area contributed by atoms with Crippen LogP contribution < -0.4 is 10.6 Å². The molecule has 116 valence electrons. The number of thioether (sulfide) groups is 1. The molecule has 0 bridgehead atoms. The highest BCUT2D eigenvalue weighted by Crippen LogP contribution is 2.37. The third-order valence-corrected chi connectivity index (χ3v) is 6.09. The molecule has 1 aromatic carbocycles. The van der Waals surface area contributed by atoms with Gasteiger partial charge in [-0.1, -0.05) is 23.1 Å². The fourth-order valence-corrected chi connectivity index (χ4v) is 4.56. The average molecular weight is 354 g/mol. The number of rotatable bonds is 5. The number of hydrogen-bond donors (Lipinski definition) is 2. The molecule has 0 saturated heterocycles. The Morgan fingerprint density at radius 1 is 1.27 bits per heavy atom. The van der Waals surface area contributed by atoms with Crippen LogP contribution in [0.3, 0.4) is 0 Å². The summed E-state index contributed by atoms with van der Waals surface area (Å²) >= 11 is 4.75. The van der Waals surface area contributed by atoms with Crippen LogP contribution in [0.4, 0.5) is 9.93 Å². The summed E-state index contributed by atoms with van der Waals surface area (Å²) in [5, 5.41) is 6.04. The van der Waals surface area contributed by atoms with E-state index in [0.717, 1.165) is 24.8 Å². The Hall–Kier alpha value is -1.42. The van der Waals surface area contributed by atoms with Gasteiger partial charge in [0.1, 0.15) is 0 Å². The molecule has 3 rings (SSSR count). The van der Waals surface area contributed by atoms with E-state index in [4.69, 9.17) is 4.74 Å². The van der Waals surface area contributed by atoms with Crippen molar-refractivity contribution < 1.29 is 9.53 Å². The van der Waals surface area contributed by atoms with Crippen LogP contribution >= 0.6 is 34.4 Å². The second-order valence-corrected chi connectivity index (χ2v) is 7.39. The lowest BCUT2D eigenvalue weighted by molar-refractivity contribution is 0.198. The zero-order valence-electron chi connectivity index (χ0n) is 12.0. The number of nitrogens with one attached hydrogen (secondary N) is 2. The first-order valence-electron chi connectivity index (χ1n) is 6.49. The number of aromatic nitrogens is 2. The Kier molecular flexibility index (Phi) is 4.77. The maximum atomic E-state index is 11.8. The lowest BCUT2D eigenvalue weighted by Crippen LogP contribution is -2.31. The molecule has 0 fully saturated rings. The van der Waals surface area contributed by atoms with Gasteiger partial charge in [0, 0.05) is 13.7 Å². The van der Waals surface area contributed by atoms with E-state index in [9.17, 15) is 4.79 Å². The van der Waals surface area contributed by atoms with Crippen LogP contribution in [0.2, 0.25) is 0 Å². The standard InChI is InChI=1S/C13H14N4O2S3/c1-19-6-5-14-11(18)17-12-15-7-3-4-8-10(9(7)21-12)22-13(16-8)20-2/h3-4H,5-6H2,1-2H3,(H2,14,15,17,18). The van der Waals surface area contributed by atoms with Crippen molar-refractivity contribution >= 4 is 66.0 Å². The fourth-order valence-electron chi connectivity index (χ4n) is 1.90. The number of amides is 2. The molecule has 2 heterocycles. The molecule has 0 aliphatic carbocycles. The molecule has 2 aromatic heterocycles. The first-order chi connectivity index (χ1) is 10.7. The van der Waals surface area contributed by atoms with Crippen LogP contribution in [0.25, 0.3) is 20.4 Å². The summed E-state index contributed by atoms with van der Waals surface area (Å²) < 4.78 is 8.09. The molecule has 6 nitrogen and oxygen atoms in total. The summed E-state index contributed by atoms with van der Waals surface area (Å²) in [6, 6.07) is 3.63. The minimum absolute atomic E-state index is 0.276. The molecule has 9 heteroatoms. The van der Waals surface area contributed by atoms with Crippen molar-refractivity contribution in [2.45, 2.75) is 4.34 Å². The van der Waals surface area contributed by atoms with Gasteiger partial charge in [-0.2, -0.15) is 0 Å². The largest absolute Gasteiger partial charge is 0.383 e. The fraction of sp³-hybridized carbons (Fsp3) is 0.308. The molecule has 0 atom stereocenters. The summed E-state index contributed by atoms with van der Waals surface area (Å²) in [6.07, 6.45) is 2.01. The number of benzene rings is 1. The Morgan fingerprint density at radius 2 is 2.00 bits per heavy atom. The average Bonchev–Trinajstić information content (AvgIpc) is 3.09. The van der Waals surface area contributed by atoms with Crippen LogP contribution in [-0.4, -0.2) is 42.5 Å². The zero-order valence-corrected chi connectivity index (χ0v) is 14.5. The number of urea groups is 1. The summed E-state index contributed by atoms with van der Waals surface area (Å²) in [5.41, 5.74) is 1.85. The summed E-state index contributed by atoms with van der Waals surface area (Å²) in [4.78, 5) is 20.8. The van der Waals surface area contributed by atoms with Gasteiger partial charge in [-0.05, 0) is 18.4 Å². The van der Waals surface area contributed by atoms with Crippen molar-refractivity contribution in [3.05, 3.63) is 12.1 Å². The van der Waals surface area contributed by atoms with Crippen molar-refractivity contribution in [3.63, 3.8) is 0 Å². The van der Waals surface area contributed by atoms with Crippen molar-refractivity contribution in [3.8, 4) is 0 Å². The third-order valence-electron chi connectivity index (χ3n) is 2.88. The minimum atomic E-state index is -0.276. The molecule has 0 aliphatic heterocycles. The molecule has 0 unspecified atom stereocenters. The predicted molar refractivity (Wildman–Crippen MR) is 93.5 cm³/mol. The Balaban J connectivity index is 1.84. The molecule has 0 aliphatic rings. The van der Waals surface area contributed by atoms with Gasteiger partial charge in [-0.15, -0.1) is 11.3 Å². The minimum Gasteiger partial charge on any atom is -0.383 e. The van der Waals surface area contributed by atoms with Crippen LogP contribution in [0, 0.1) is 0 Å². The number of nitrogens with zero attached hydrogens (tertiary/aromatic N) is 2. The summed E-state index contributed by atoms with van der Waals surface area (Å²) in [7, 11) is 1.59. The van der Waals surface area contributed by atoms with E-state index in [1.54, 1.807) is 30.2 Å². The molecule has 22 heavy (non-hydrogen) atoms. The zero-order chi connectivity index (χ0) is 15.5. The van der Waals surface area contributed by atoms with E-state index < -0.39 is 0 Å². The molecular weight excluding hydrogens is 340 g/mol. The summed E-state index contributed by atoms with van der Waals surface area (Å²) in [6.45, 7) is 0.940. The molecule has 0 radical (unpaired) electrons. The van der Waals surface area contributed by atoms with E-state index in [-0.39, 0.29) is 6.03 Å². The van der Waals surface area contributed by atoms with Gasteiger partial charge >= 0.3 is 6.03 Å². The van der Waals surface area contributed by atoms with E-state index in [1.807, 2.05) is 18.4 Å². The third kappa shape index (κ3) is 3.17. The van der Waals surface area contributed by atoms with Crippen molar-refractivity contribution in [2.75, 3.05) is 31.8 Å². The number of anilines is 1. The maximum Gasteiger partial charge on any atom is 0.321 e. The molecule has 2 N–H and O–H groups in total. The van der Waals surface area contributed by atoms with Gasteiger partial charge in [0.25, 0.3) is 0 Å². The first kappa shape index (κ1) is 15.5. The number of carbonyl (C=O) groups is 1. The highest BCUT2D eigenvalue weighted by molar-refractivity contribution is 8.00. The SMILES string of the molecule is COCCNC(=O)Nc1nc2ccc3nc(SC)sc3c2s1. The number of carbonyl (C=O) groups excluding carboxylic acids is 1. The lowest BCUT2D eigenvalue weighted by atomic mass is 10.3. The normalized spacial score (nSPS) is 11.2. The Morgan fingerprint density at radius 3 is 2.73 bits per heavy atom. The smallest absolute Gasteiger partial charge is 0.321 e. The van der Waals surface area contributed by atoms with E-state index >= 15 is 0 Å². The van der Waals surface area contributed by atoms with Crippen LogP contribution in [0.15, 0.2) is 16.5 Å². The summed E-state index contributed by atoms with van der Waals surface area (Å²) in [5.74, 6) is 0. The molecule has 0 spiro atoms. The van der Waals surface area contributed by atoms with Gasteiger partial charge in [-0.25, -0.2) is 14.8 Å². The highest BCUT2D eigenvalue weighted by atomic mass is 32.2. The predicted octanol–water partition coefficient (Wildman–Crippen LogP) is 3.40. The molecule has 0 saturated carbocycles. The maximum absolute atomic E-state index is 11.8. The van der Waals surface area contributed by atoms with Crippen molar-refractivity contribution in [1.29, 1.82) is 0 Å². The van der Waals surface area contributed by atoms with E-state index in [0.29, 0.717) is 18.3 Å². The van der Waals surface area contributed by atoms with Gasteiger partial charge < -0.3 is 10.1 Å². The Labute approximate surface area is 139 Å². The molecule has 2 amide bonds.